The smallest absolute Gasteiger partial charge is 0.118 e. The van der Waals surface area contributed by atoms with Crippen molar-refractivity contribution < 1.29 is 9.47 Å². The molecule has 1 atom stereocenters. The predicted octanol–water partition coefficient (Wildman–Crippen LogP) is 2.50. The van der Waals surface area contributed by atoms with E-state index in [4.69, 9.17) is 9.47 Å². The summed E-state index contributed by atoms with van der Waals surface area (Å²) in [6.07, 6.45) is 2.30. The van der Waals surface area contributed by atoms with Gasteiger partial charge in [0.2, 0.25) is 0 Å². The Bertz CT molecular complexity index is 311. The average Bonchev–Trinajstić information content (AvgIpc) is 2.43. The van der Waals surface area contributed by atoms with Gasteiger partial charge in [0.15, 0.2) is 0 Å². The minimum Gasteiger partial charge on any atom is -0.497 e. The highest BCUT2D eigenvalue weighted by Gasteiger charge is 2.07. The first-order valence-corrected chi connectivity index (χ1v) is 6.62. The molecule has 0 heterocycles. The van der Waals surface area contributed by atoms with Crippen LogP contribution in [0.4, 0.5) is 0 Å². The van der Waals surface area contributed by atoms with Gasteiger partial charge in [-0.25, -0.2) is 0 Å². The first-order chi connectivity index (χ1) is 8.80. The molecule has 0 fully saturated rings. The van der Waals surface area contributed by atoms with E-state index in [2.05, 4.69) is 24.4 Å². The van der Waals surface area contributed by atoms with Crippen molar-refractivity contribution in [3.8, 4) is 5.75 Å². The van der Waals surface area contributed by atoms with Gasteiger partial charge in [-0.05, 0) is 36.6 Å². The molecular formula is C15H25NO2. The molecule has 1 rings (SSSR count). The van der Waals surface area contributed by atoms with Crippen LogP contribution in [-0.2, 0) is 11.2 Å². The molecule has 0 radical (unpaired) electrons. The molecule has 0 bridgehead atoms. The van der Waals surface area contributed by atoms with Crippen LogP contribution in [0.5, 0.6) is 5.75 Å². The molecule has 18 heavy (non-hydrogen) atoms. The molecule has 0 aliphatic carbocycles. The molecule has 0 saturated heterocycles. The van der Waals surface area contributed by atoms with E-state index in [1.165, 1.54) is 12.0 Å². The van der Waals surface area contributed by atoms with E-state index >= 15 is 0 Å². The Hall–Kier alpha value is -1.06. The van der Waals surface area contributed by atoms with Gasteiger partial charge in [0.1, 0.15) is 5.75 Å². The van der Waals surface area contributed by atoms with Gasteiger partial charge >= 0.3 is 0 Å². The summed E-state index contributed by atoms with van der Waals surface area (Å²) in [5.41, 5.74) is 1.37. The molecule has 3 heteroatoms. The topological polar surface area (TPSA) is 30.5 Å². The lowest BCUT2D eigenvalue weighted by atomic mass is 9.97. The van der Waals surface area contributed by atoms with Gasteiger partial charge in [-0.3, -0.25) is 0 Å². The van der Waals surface area contributed by atoms with Crippen LogP contribution in [0, 0.1) is 5.92 Å². The van der Waals surface area contributed by atoms with E-state index in [9.17, 15) is 0 Å². The number of nitrogens with one attached hydrogen (secondary N) is 1. The summed E-state index contributed by atoms with van der Waals surface area (Å²) >= 11 is 0. The summed E-state index contributed by atoms with van der Waals surface area (Å²) in [7, 11) is 3.43. The van der Waals surface area contributed by atoms with Gasteiger partial charge in [-0.15, -0.1) is 0 Å². The van der Waals surface area contributed by atoms with Crippen LogP contribution in [0.1, 0.15) is 18.9 Å². The molecule has 0 aliphatic heterocycles. The third-order valence-electron chi connectivity index (χ3n) is 3.18. The average molecular weight is 251 g/mol. The van der Waals surface area contributed by atoms with Crippen LogP contribution < -0.4 is 10.1 Å². The second-order valence-electron chi connectivity index (χ2n) is 4.52. The normalized spacial score (nSPS) is 12.4. The highest BCUT2D eigenvalue weighted by Crippen LogP contribution is 2.16. The maximum absolute atomic E-state index is 5.17. The lowest BCUT2D eigenvalue weighted by Gasteiger charge is -2.16. The zero-order valence-electron chi connectivity index (χ0n) is 11.7. The zero-order chi connectivity index (χ0) is 13.2. The van der Waals surface area contributed by atoms with Crippen molar-refractivity contribution in [2.45, 2.75) is 19.8 Å². The van der Waals surface area contributed by atoms with Gasteiger partial charge in [-0.1, -0.05) is 25.5 Å². The van der Waals surface area contributed by atoms with Gasteiger partial charge in [-0.2, -0.15) is 0 Å². The van der Waals surface area contributed by atoms with Gasteiger partial charge in [0.25, 0.3) is 0 Å². The molecule has 0 aromatic heterocycles. The van der Waals surface area contributed by atoms with E-state index < -0.39 is 0 Å². The lowest BCUT2D eigenvalue weighted by Crippen LogP contribution is -2.26. The van der Waals surface area contributed by atoms with E-state index in [1.54, 1.807) is 14.2 Å². The summed E-state index contributed by atoms with van der Waals surface area (Å²) in [6, 6.07) is 8.36. The SMILES string of the molecule is CCC(CNCCOC)Cc1ccc(OC)cc1. The first kappa shape index (κ1) is 15.0. The van der Waals surface area contributed by atoms with Gasteiger partial charge in [0.05, 0.1) is 13.7 Å². The zero-order valence-corrected chi connectivity index (χ0v) is 11.7. The fourth-order valence-corrected chi connectivity index (χ4v) is 1.94. The maximum Gasteiger partial charge on any atom is 0.118 e. The maximum atomic E-state index is 5.17. The van der Waals surface area contributed by atoms with Crippen molar-refractivity contribution in [1.29, 1.82) is 0 Å². The Kier molecular flexibility index (Phi) is 7.46. The van der Waals surface area contributed by atoms with E-state index in [1.807, 2.05) is 12.1 Å². The highest BCUT2D eigenvalue weighted by atomic mass is 16.5. The van der Waals surface area contributed by atoms with Crippen LogP contribution in [0.15, 0.2) is 24.3 Å². The Labute approximate surface area is 110 Å². The minimum atomic E-state index is 0.676. The molecule has 0 aliphatic rings. The molecule has 3 nitrogen and oxygen atoms in total. The van der Waals surface area contributed by atoms with Crippen molar-refractivity contribution in [2.75, 3.05) is 33.9 Å². The summed E-state index contributed by atoms with van der Waals surface area (Å²) < 4.78 is 10.2. The third kappa shape index (κ3) is 5.52. The second-order valence-corrected chi connectivity index (χ2v) is 4.52. The van der Waals surface area contributed by atoms with Crippen molar-refractivity contribution in [1.82, 2.24) is 5.32 Å². The Balaban J connectivity index is 2.36. The number of hydrogen-bond acceptors (Lipinski definition) is 3. The Morgan fingerprint density at radius 2 is 1.89 bits per heavy atom. The van der Waals surface area contributed by atoms with E-state index in [-0.39, 0.29) is 0 Å². The summed E-state index contributed by atoms with van der Waals surface area (Å²) in [5, 5.41) is 3.43. The van der Waals surface area contributed by atoms with Crippen molar-refractivity contribution in [3.63, 3.8) is 0 Å². The molecule has 1 aromatic carbocycles. The minimum absolute atomic E-state index is 0.676. The Morgan fingerprint density at radius 1 is 1.17 bits per heavy atom. The number of benzene rings is 1. The van der Waals surface area contributed by atoms with Crippen LogP contribution >= 0.6 is 0 Å². The molecule has 102 valence electrons. The van der Waals surface area contributed by atoms with Crippen molar-refractivity contribution >= 4 is 0 Å². The number of ether oxygens (including phenoxy) is 2. The standard InChI is InChI=1S/C15H25NO2/c1-4-13(12-16-9-10-17-2)11-14-5-7-15(18-3)8-6-14/h5-8,13,16H,4,9-12H2,1-3H3. The third-order valence-corrected chi connectivity index (χ3v) is 3.18. The molecule has 0 amide bonds. The predicted molar refractivity (Wildman–Crippen MR) is 75.2 cm³/mol. The summed E-state index contributed by atoms with van der Waals surface area (Å²) in [5.74, 6) is 1.60. The van der Waals surface area contributed by atoms with Crippen molar-refractivity contribution in [3.05, 3.63) is 29.8 Å². The quantitative estimate of drug-likeness (QED) is 0.684. The molecule has 0 saturated carbocycles. The number of hydrogen-bond donors (Lipinski definition) is 1. The second kappa shape index (κ2) is 8.95. The summed E-state index contributed by atoms with van der Waals surface area (Å²) in [6.45, 7) is 4.99. The van der Waals surface area contributed by atoms with Gasteiger partial charge < -0.3 is 14.8 Å². The lowest BCUT2D eigenvalue weighted by molar-refractivity contribution is 0.197. The number of rotatable bonds is 9. The van der Waals surface area contributed by atoms with E-state index in [0.29, 0.717) is 5.92 Å². The monoisotopic (exact) mass is 251 g/mol. The highest BCUT2D eigenvalue weighted by molar-refractivity contribution is 5.27. The molecule has 1 unspecified atom stereocenters. The van der Waals surface area contributed by atoms with Crippen LogP contribution in [0.25, 0.3) is 0 Å². The molecule has 1 aromatic rings. The largest absolute Gasteiger partial charge is 0.497 e. The first-order valence-electron chi connectivity index (χ1n) is 6.62. The molecule has 1 N–H and O–H groups in total. The molecular weight excluding hydrogens is 226 g/mol. The van der Waals surface area contributed by atoms with Crippen molar-refractivity contribution in [2.24, 2.45) is 5.92 Å². The van der Waals surface area contributed by atoms with Crippen LogP contribution in [0.2, 0.25) is 0 Å². The fourth-order valence-electron chi connectivity index (χ4n) is 1.94. The molecule has 0 spiro atoms. The Morgan fingerprint density at radius 3 is 2.44 bits per heavy atom. The van der Waals surface area contributed by atoms with Crippen LogP contribution in [0.3, 0.4) is 0 Å². The number of methoxy groups -OCH3 is 2. The summed E-state index contributed by atoms with van der Waals surface area (Å²) in [4.78, 5) is 0. The van der Waals surface area contributed by atoms with Gasteiger partial charge in [0, 0.05) is 13.7 Å². The van der Waals surface area contributed by atoms with E-state index in [0.717, 1.165) is 31.9 Å². The fraction of sp³-hybridized carbons (Fsp3) is 0.600. The van der Waals surface area contributed by atoms with Crippen LogP contribution in [-0.4, -0.2) is 33.9 Å².